The standard InChI is InChI=1S/C27H28ClN5O5/c1-16-14-22(34)33(30-16)21-10-8-18(9-11-21)25(35)31(3)12-5-13-32-24(19-6-4-7-20(28)15-19)23(26(36)37)17(2)29-27(32)38/h4,6-11,15,24H,5,12-14H2,1-3H3,(H,29,38)(H,36,37). The molecule has 0 aliphatic carbocycles. The SMILES string of the molecule is CC1=NN(c2ccc(C(=O)N(C)CCCN3C(=O)NC(C)=C(C(=O)O)C3c3cccc(Cl)c3)cc2)C(=O)C1. The highest BCUT2D eigenvalue weighted by atomic mass is 35.5. The number of carbonyl (C=O) groups is 4. The number of rotatable bonds is 8. The van der Waals surface area contributed by atoms with Crippen LogP contribution >= 0.6 is 11.6 Å². The lowest BCUT2D eigenvalue weighted by molar-refractivity contribution is -0.133. The Bertz CT molecular complexity index is 1350. The van der Waals surface area contributed by atoms with Crippen molar-refractivity contribution in [1.82, 2.24) is 15.1 Å². The fraction of sp³-hybridized carbons (Fsp3) is 0.296. The zero-order valence-corrected chi connectivity index (χ0v) is 22.0. The Morgan fingerprint density at radius 1 is 1.16 bits per heavy atom. The van der Waals surface area contributed by atoms with Crippen LogP contribution in [0.1, 0.15) is 48.7 Å². The van der Waals surface area contributed by atoms with E-state index in [1.807, 2.05) is 0 Å². The number of carboxylic acid groups (broad SMARTS) is 1. The monoisotopic (exact) mass is 537 g/mol. The van der Waals surface area contributed by atoms with Gasteiger partial charge in [0.1, 0.15) is 0 Å². The molecule has 10 nitrogen and oxygen atoms in total. The fourth-order valence-corrected chi connectivity index (χ4v) is 4.81. The zero-order chi connectivity index (χ0) is 27.6. The summed E-state index contributed by atoms with van der Waals surface area (Å²) in [7, 11) is 1.66. The average Bonchev–Trinajstić information content (AvgIpc) is 3.21. The molecule has 2 aliphatic heterocycles. The van der Waals surface area contributed by atoms with Crippen LogP contribution in [-0.2, 0) is 9.59 Å². The minimum atomic E-state index is -1.13. The van der Waals surface area contributed by atoms with E-state index >= 15 is 0 Å². The van der Waals surface area contributed by atoms with E-state index in [9.17, 15) is 24.3 Å². The molecule has 2 N–H and O–H groups in total. The van der Waals surface area contributed by atoms with Crippen molar-refractivity contribution in [2.24, 2.45) is 5.10 Å². The normalized spacial score (nSPS) is 17.5. The third-order valence-electron chi connectivity index (χ3n) is 6.45. The number of halogens is 1. The summed E-state index contributed by atoms with van der Waals surface area (Å²) in [5.74, 6) is -1.47. The quantitative estimate of drug-likeness (QED) is 0.526. The third kappa shape index (κ3) is 5.55. The maximum absolute atomic E-state index is 13.0. The van der Waals surface area contributed by atoms with Crippen LogP contribution in [0.4, 0.5) is 10.5 Å². The first kappa shape index (κ1) is 26.9. The second-order valence-corrected chi connectivity index (χ2v) is 9.71. The molecule has 2 aromatic rings. The second-order valence-electron chi connectivity index (χ2n) is 9.27. The van der Waals surface area contributed by atoms with Gasteiger partial charge in [-0.1, -0.05) is 23.7 Å². The summed E-state index contributed by atoms with van der Waals surface area (Å²) in [6.07, 6.45) is 0.687. The Labute approximate surface area is 225 Å². The molecule has 0 bridgehead atoms. The van der Waals surface area contributed by atoms with E-state index in [0.29, 0.717) is 34.8 Å². The van der Waals surface area contributed by atoms with Crippen LogP contribution in [0.5, 0.6) is 0 Å². The van der Waals surface area contributed by atoms with Gasteiger partial charge in [0.25, 0.3) is 11.8 Å². The molecule has 0 saturated carbocycles. The minimum absolute atomic E-state index is 0.0624. The Kier molecular flexibility index (Phi) is 7.82. The lowest BCUT2D eigenvalue weighted by Crippen LogP contribution is -2.49. The van der Waals surface area contributed by atoms with E-state index in [2.05, 4.69) is 10.4 Å². The molecule has 4 amide bonds. The summed E-state index contributed by atoms with van der Waals surface area (Å²) in [6.45, 7) is 3.88. The molecule has 4 rings (SSSR count). The number of benzene rings is 2. The molecule has 0 radical (unpaired) electrons. The molecular formula is C27H28ClN5O5. The fourth-order valence-electron chi connectivity index (χ4n) is 4.61. The number of amides is 4. The maximum atomic E-state index is 13.0. The van der Waals surface area contributed by atoms with E-state index in [-0.39, 0.29) is 36.1 Å². The Hall–Kier alpha value is -4.18. The molecule has 1 atom stereocenters. The van der Waals surface area contributed by atoms with Crippen molar-refractivity contribution in [3.05, 3.63) is 76.0 Å². The number of hydrogen-bond donors (Lipinski definition) is 2. The van der Waals surface area contributed by atoms with Gasteiger partial charge in [-0.3, -0.25) is 9.59 Å². The molecule has 198 valence electrons. The van der Waals surface area contributed by atoms with Crippen LogP contribution in [0.15, 0.2) is 64.9 Å². The van der Waals surface area contributed by atoms with E-state index in [1.54, 1.807) is 69.4 Å². The van der Waals surface area contributed by atoms with Gasteiger partial charge in [0.15, 0.2) is 0 Å². The number of aliphatic carboxylic acids is 1. The summed E-state index contributed by atoms with van der Waals surface area (Å²) < 4.78 is 0. The number of allylic oxidation sites excluding steroid dienone is 1. The van der Waals surface area contributed by atoms with Crippen molar-refractivity contribution in [2.45, 2.75) is 32.7 Å². The zero-order valence-electron chi connectivity index (χ0n) is 21.3. The first-order valence-electron chi connectivity index (χ1n) is 12.1. The lowest BCUT2D eigenvalue weighted by atomic mass is 9.93. The largest absolute Gasteiger partial charge is 0.478 e. The van der Waals surface area contributed by atoms with Crippen LogP contribution in [-0.4, -0.2) is 64.6 Å². The Morgan fingerprint density at radius 3 is 2.47 bits per heavy atom. The molecule has 0 saturated heterocycles. The minimum Gasteiger partial charge on any atom is -0.478 e. The highest BCUT2D eigenvalue weighted by molar-refractivity contribution is 6.30. The third-order valence-corrected chi connectivity index (χ3v) is 6.69. The van der Waals surface area contributed by atoms with Crippen LogP contribution in [0, 0.1) is 0 Å². The predicted molar refractivity (Wildman–Crippen MR) is 143 cm³/mol. The number of hydrazone groups is 1. The highest BCUT2D eigenvalue weighted by Crippen LogP contribution is 2.34. The van der Waals surface area contributed by atoms with Gasteiger partial charge in [-0.25, -0.2) is 14.6 Å². The smallest absolute Gasteiger partial charge is 0.335 e. The molecule has 2 aromatic carbocycles. The number of carboxylic acids is 1. The molecule has 38 heavy (non-hydrogen) atoms. The summed E-state index contributed by atoms with van der Waals surface area (Å²) in [4.78, 5) is 53.0. The van der Waals surface area contributed by atoms with Crippen molar-refractivity contribution < 1.29 is 24.3 Å². The number of carbonyl (C=O) groups excluding carboxylic acids is 3. The van der Waals surface area contributed by atoms with Crippen molar-refractivity contribution in [1.29, 1.82) is 0 Å². The van der Waals surface area contributed by atoms with Gasteiger partial charge >= 0.3 is 12.0 Å². The summed E-state index contributed by atoms with van der Waals surface area (Å²) >= 11 is 6.16. The number of nitrogens with zero attached hydrogens (tertiary/aromatic N) is 4. The van der Waals surface area contributed by atoms with E-state index < -0.39 is 18.0 Å². The van der Waals surface area contributed by atoms with Gasteiger partial charge < -0.3 is 20.2 Å². The van der Waals surface area contributed by atoms with Crippen LogP contribution in [0.2, 0.25) is 5.02 Å². The molecule has 11 heteroatoms. The number of anilines is 1. The maximum Gasteiger partial charge on any atom is 0.335 e. The molecule has 2 aliphatic rings. The van der Waals surface area contributed by atoms with Crippen molar-refractivity contribution in [3.8, 4) is 0 Å². The first-order valence-corrected chi connectivity index (χ1v) is 12.4. The van der Waals surface area contributed by atoms with Gasteiger partial charge in [0.05, 0.1) is 23.7 Å². The topological polar surface area (TPSA) is 123 Å². The van der Waals surface area contributed by atoms with E-state index in [0.717, 1.165) is 5.71 Å². The lowest BCUT2D eigenvalue weighted by Gasteiger charge is -2.37. The van der Waals surface area contributed by atoms with Gasteiger partial charge in [0.2, 0.25) is 0 Å². The van der Waals surface area contributed by atoms with Crippen molar-refractivity contribution in [3.63, 3.8) is 0 Å². The number of nitrogens with one attached hydrogen (secondary N) is 1. The molecule has 0 fully saturated rings. The summed E-state index contributed by atoms with van der Waals surface area (Å²) in [5, 5.41) is 18.5. The van der Waals surface area contributed by atoms with Crippen LogP contribution < -0.4 is 10.3 Å². The second kappa shape index (κ2) is 11.1. The molecule has 0 spiro atoms. The van der Waals surface area contributed by atoms with Gasteiger partial charge in [0, 0.05) is 42.1 Å². The summed E-state index contributed by atoms with van der Waals surface area (Å²) in [6, 6.07) is 12.2. The predicted octanol–water partition coefficient (Wildman–Crippen LogP) is 4.04. The summed E-state index contributed by atoms with van der Waals surface area (Å²) in [5.41, 5.74) is 2.69. The van der Waals surface area contributed by atoms with Gasteiger partial charge in [-0.15, -0.1) is 0 Å². The Morgan fingerprint density at radius 2 is 1.87 bits per heavy atom. The van der Waals surface area contributed by atoms with Crippen LogP contribution in [0.3, 0.4) is 0 Å². The molecule has 1 unspecified atom stereocenters. The van der Waals surface area contributed by atoms with E-state index in [1.165, 1.54) is 14.8 Å². The Balaban J connectivity index is 1.44. The highest BCUT2D eigenvalue weighted by Gasteiger charge is 2.37. The van der Waals surface area contributed by atoms with E-state index in [4.69, 9.17) is 11.6 Å². The van der Waals surface area contributed by atoms with Crippen molar-refractivity contribution in [2.75, 3.05) is 25.1 Å². The van der Waals surface area contributed by atoms with Crippen LogP contribution in [0.25, 0.3) is 0 Å². The van der Waals surface area contributed by atoms with Gasteiger partial charge in [-0.05, 0) is 62.2 Å². The first-order chi connectivity index (χ1) is 18.1. The molecule has 0 aromatic heterocycles. The number of urea groups is 1. The van der Waals surface area contributed by atoms with Crippen molar-refractivity contribution >= 4 is 46.8 Å². The average molecular weight is 538 g/mol. The molecule has 2 heterocycles. The van der Waals surface area contributed by atoms with Gasteiger partial charge in [-0.2, -0.15) is 5.10 Å². The number of hydrogen-bond acceptors (Lipinski definition) is 5. The molecular weight excluding hydrogens is 510 g/mol.